The molecule has 0 aromatic heterocycles. The Hall–Kier alpha value is -1.58. The average Bonchev–Trinajstić information content (AvgIpc) is 2.16. The minimum absolute atomic E-state index is 0.0571. The number of halogens is 1. The lowest BCUT2D eigenvalue weighted by molar-refractivity contribution is -0.116. The first kappa shape index (κ1) is 8.99. The summed E-state index contributed by atoms with van der Waals surface area (Å²) in [4.78, 5) is 12.8. The van der Waals surface area contributed by atoms with E-state index in [-0.39, 0.29) is 11.7 Å². The van der Waals surface area contributed by atoms with Gasteiger partial charge in [0.1, 0.15) is 5.82 Å². The fraction of sp³-hybridized carbons (Fsp3) is 0.300. The van der Waals surface area contributed by atoms with Crippen LogP contribution >= 0.6 is 0 Å². The minimum atomic E-state index is -0.321. The van der Waals surface area contributed by atoms with Gasteiger partial charge in [-0.05, 0) is 18.2 Å². The Morgan fingerprint density at radius 3 is 3.07 bits per heavy atom. The van der Waals surface area contributed by atoms with Crippen LogP contribution in [0.4, 0.5) is 15.8 Å². The average molecular weight is 194 g/mol. The normalized spacial score (nSPS) is 14.6. The van der Waals surface area contributed by atoms with Crippen LogP contribution in [-0.2, 0) is 4.79 Å². The molecule has 3 nitrogen and oxygen atoms in total. The maximum Gasteiger partial charge on any atom is 0.223 e. The number of rotatable bonds is 0. The fourth-order valence-electron chi connectivity index (χ4n) is 1.63. The summed E-state index contributed by atoms with van der Waals surface area (Å²) in [5.41, 5.74) is 1.44. The van der Waals surface area contributed by atoms with Crippen LogP contribution in [0.3, 0.4) is 0 Å². The molecule has 1 amide bonds. The molecule has 1 heterocycles. The molecule has 1 N–H and O–H groups in total. The van der Waals surface area contributed by atoms with Gasteiger partial charge in [-0.15, -0.1) is 0 Å². The highest BCUT2D eigenvalue weighted by Crippen LogP contribution is 2.29. The summed E-state index contributed by atoms with van der Waals surface area (Å²) >= 11 is 0. The van der Waals surface area contributed by atoms with Crippen LogP contribution in [0.15, 0.2) is 18.2 Å². The van der Waals surface area contributed by atoms with Crippen LogP contribution in [0.25, 0.3) is 0 Å². The zero-order valence-electron chi connectivity index (χ0n) is 7.88. The van der Waals surface area contributed by atoms with E-state index in [9.17, 15) is 9.18 Å². The number of benzene rings is 1. The second-order valence-electron chi connectivity index (χ2n) is 3.26. The molecule has 0 saturated heterocycles. The first-order valence-corrected chi connectivity index (χ1v) is 4.50. The quantitative estimate of drug-likeness (QED) is 0.680. The molecule has 0 fully saturated rings. The van der Waals surface area contributed by atoms with Crippen LogP contribution in [-0.4, -0.2) is 19.0 Å². The number of hydrogen-bond acceptors (Lipinski definition) is 2. The highest BCUT2D eigenvalue weighted by Gasteiger charge is 2.19. The van der Waals surface area contributed by atoms with Crippen LogP contribution < -0.4 is 10.2 Å². The van der Waals surface area contributed by atoms with E-state index in [0.717, 1.165) is 5.69 Å². The molecule has 0 saturated carbocycles. The van der Waals surface area contributed by atoms with Crippen molar-refractivity contribution in [2.24, 2.45) is 0 Å². The molecule has 14 heavy (non-hydrogen) atoms. The number of carbonyl (C=O) groups is 1. The van der Waals surface area contributed by atoms with Gasteiger partial charge in [-0.3, -0.25) is 4.79 Å². The van der Waals surface area contributed by atoms with Crippen molar-refractivity contribution < 1.29 is 9.18 Å². The lowest BCUT2D eigenvalue weighted by Gasteiger charge is -2.29. The predicted octanol–water partition coefficient (Wildman–Crippen LogP) is 1.60. The summed E-state index contributed by atoms with van der Waals surface area (Å²) in [6.45, 7) is 2.78. The molecular weight excluding hydrogens is 183 g/mol. The third kappa shape index (κ3) is 1.43. The summed E-state index contributed by atoms with van der Waals surface area (Å²) in [5.74, 6) is -0.378. The molecule has 1 aliphatic rings. The number of hydrogen-bond donors (Lipinski definition) is 1. The Morgan fingerprint density at radius 2 is 2.36 bits per heavy atom. The van der Waals surface area contributed by atoms with Crippen molar-refractivity contribution in [2.75, 3.05) is 23.3 Å². The van der Waals surface area contributed by atoms with Crippen LogP contribution in [0.1, 0.15) is 6.92 Å². The molecule has 0 radical (unpaired) electrons. The zero-order chi connectivity index (χ0) is 10.1. The van der Waals surface area contributed by atoms with Crippen LogP contribution in [0, 0.1) is 5.82 Å². The molecule has 0 atom stereocenters. The van der Waals surface area contributed by atoms with Crippen molar-refractivity contribution in [1.29, 1.82) is 0 Å². The number of anilines is 2. The third-order valence-corrected chi connectivity index (χ3v) is 2.28. The number of nitrogens with zero attached hydrogens (tertiary/aromatic N) is 1. The number of fused-ring (bicyclic) bond motifs is 1. The van der Waals surface area contributed by atoms with E-state index in [0.29, 0.717) is 18.8 Å². The molecule has 0 aliphatic carbocycles. The van der Waals surface area contributed by atoms with Gasteiger partial charge in [-0.25, -0.2) is 4.39 Å². The van der Waals surface area contributed by atoms with Gasteiger partial charge in [0.15, 0.2) is 0 Å². The smallest absolute Gasteiger partial charge is 0.223 e. The van der Waals surface area contributed by atoms with E-state index in [2.05, 4.69) is 5.32 Å². The SMILES string of the molecule is CC(=O)N1CCNc2ccc(F)cc21. The largest absolute Gasteiger partial charge is 0.382 e. The lowest BCUT2D eigenvalue weighted by Crippen LogP contribution is -2.37. The Kier molecular flexibility index (Phi) is 2.11. The maximum atomic E-state index is 13.0. The van der Waals surface area contributed by atoms with Gasteiger partial charge in [0.05, 0.1) is 11.4 Å². The fourth-order valence-corrected chi connectivity index (χ4v) is 1.63. The van der Waals surface area contributed by atoms with Crippen molar-refractivity contribution >= 4 is 17.3 Å². The molecule has 1 aliphatic heterocycles. The Balaban J connectivity index is 2.46. The third-order valence-electron chi connectivity index (χ3n) is 2.28. The van der Waals surface area contributed by atoms with E-state index in [1.54, 1.807) is 11.0 Å². The summed E-state index contributed by atoms with van der Waals surface area (Å²) in [6, 6.07) is 4.41. The molecular formula is C10H11FN2O. The van der Waals surface area contributed by atoms with Gasteiger partial charge in [0, 0.05) is 20.0 Å². The van der Waals surface area contributed by atoms with Gasteiger partial charge in [-0.2, -0.15) is 0 Å². The summed E-state index contributed by atoms with van der Waals surface area (Å²) in [5, 5.41) is 3.11. The van der Waals surface area contributed by atoms with E-state index in [1.165, 1.54) is 19.1 Å². The first-order chi connectivity index (χ1) is 6.68. The molecule has 0 bridgehead atoms. The number of amides is 1. The van der Waals surface area contributed by atoms with Crippen LogP contribution in [0.2, 0.25) is 0 Å². The van der Waals surface area contributed by atoms with Gasteiger partial charge in [-0.1, -0.05) is 0 Å². The second kappa shape index (κ2) is 3.29. The Labute approximate surface area is 81.5 Å². The van der Waals surface area contributed by atoms with Gasteiger partial charge in [0.2, 0.25) is 5.91 Å². The van der Waals surface area contributed by atoms with E-state index in [1.807, 2.05) is 0 Å². The molecule has 4 heteroatoms. The second-order valence-corrected chi connectivity index (χ2v) is 3.26. The summed E-state index contributed by atoms with van der Waals surface area (Å²) in [7, 11) is 0. The summed E-state index contributed by atoms with van der Waals surface area (Å²) in [6.07, 6.45) is 0. The monoisotopic (exact) mass is 194 g/mol. The van der Waals surface area contributed by atoms with E-state index >= 15 is 0 Å². The molecule has 0 unspecified atom stereocenters. The van der Waals surface area contributed by atoms with Crippen molar-refractivity contribution in [1.82, 2.24) is 0 Å². The minimum Gasteiger partial charge on any atom is -0.382 e. The van der Waals surface area contributed by atoms with E-state index in [4.69, 9.17) is 0 Å². The molecule has 0 spiro atoms. The highest BCUT2D eigenvalue weighted by atomic mass is 19.1. The number of carbonyl (C=O) groups excluding carboxylic acids is 1. The van der Waals surface area contributed by atoms with Gasteiger partial charge in [0.25, 0.3) is 0 Å². The van der Waals surface area contributed by atoms with Gasteiger partial charge < -0.3 is 10.2 Å². The molecule has 74 valence electrons. The zero-order valence-corrected chi connectivity index (χ0v) is 7.88. The predicted molar refractivity (Wildman–Crippen MR) is 52.9 cm³/mol. The molecule has 1 aromatic carbocycles. The van der Waals surface area contributed by atoms with Crippen LogP contribution in [0.5, 0.6) is 0 Å². The standard InChI is InChI=1S/C10H11FN2O/c1-7(14)13-5-4-12-9-3-2-8(11)6-10(9)13/h2-3,6,12H,4-5H2,1H3. The van der Waals surface area contributed by atoms with Crippen molar-refractivity contribution in [3.8, 4) is 0 Å². The van der Waals surface area contributed by atoms with Gasteiger partial charge >= 0.3 is 0 Å². The van der Waals surface area contributed by atoms with Crippen molar-refractivity contribution in [3.05, 3.63) is 24.0 Å². The maximum absolute atomic E-state index is 13.0. The Morgan fingerprint density at radius 1 is 1.57 bits per heavy atom. The lowest BCUT2D eigenvalue weighted by atomic mass is 10.2. The number of nitrogens with one attached hydrogen (secondary N) is 1. The topological polar surface area (TPSA) is 32.3 Å². The first-order valence-electron chi connectivity index (χ1n) is 4.50. The summed E-state index contributed by atoms with van der Waals surface area (Å²) < 4.78 is 13.0. The van der Waals surface area contributed by atoms with E-state index < -0.39 is 0 Å². The molecule has 2 rings (SSSR count). The molecule has 1 aromatic rings. The highest BCUT2D eigenvalue weighted by molar-refractivity contribution is 5.96. The van der Waals surface area contributed by atoms with Crippen molar-refractivity contribution in [2.45, 2.75) is 6.92 Å². The Bertz CT molecular complexity index is 378. The van der Waals surface area contributed by atoms with Crippen molar-refractivity contribution in [3.63, 3.8) is 0 Å².